The van der Waals surface area contributed by atoms with Crippen LogP contribution in [0.5, 0.6) is 0 Å². The Morgan fingerprint density at radius 1 is 0.579 bits per heavy atom. The number of hydrogen-bond acceptors (Lipinski definition) is 0. The Morgan fingerprint density at radius 3 is 1.58 bits per heavy atom. The van der Waals surface area contributed by atoms with Crippen LogP contribution in [0, 0.1) is 6.07 Å². The molecule has 3 aromatic rings. The average Bonchev–Trinajstić information content (AvgIpc) is 2.51. The quantitative estimate of drug-likeness (QED) is 0.637. The zero-order valence-corrected chi connectivity index (χ0v) is 11.8. The molecule has 1 radical (unpaired) electrons. The minimum atomic E-state index is -1.36. The third kappa shape index (κ3) is 2.75. The summed E-state index contributed by atoms with van der Waals surface area (Å²) in [6, 6.07) is 33.4. The molecular weight excluding hydrogens is 247 g/mol. The van der Waals surface area contributed by atoms with Crippen LogP contribution in [0.4, 0.5) is 0 Å². The van der Waals surface area contributed by atoms with Crippen LogP contribution in [-0.4, -0.2) is 0 Å². The predicted molar refractivity (Wildman–Crippen MR) is 86.8 cm³/mol. The fourth-order valence-corrected chi connectivity index (χ4v) is 5.31. The first-order chi connectivity index (χ1) is 9.45. The zero-order valence-electron chi connectivity index (χ0n) is 10.7. The molecule has 0 unspecified atom stereocenters. The molecule has 0 saturated carbocycles. The molecule has 0 spiro atoms. The summed E-state index contributed by atoms with van der Waals surface area (Å²) < 4.78 is 0. The van der Waals surface area contributed by atoms with E-state index in [1.54, 1.807) is 0 Å². The molecule has 93 valence electrons. The Morgan fingerprint density at radius 2 is 1.11 bits per heavy atom. The van der Waals surface area contributed by atoms with E-state index < -0.39 is 7.92 Å². The van der Waals surface area contributed by atoms with Crippen LogP contribution < -0.4 is 15.9 Å². The molecular formula is C18H16P. The second-order valence-corrected chi connectivity index (χ2v) is 7.39. The summed E-state index contributed by atoms with van der Waals surface area (Å²) >= 11 is 0. The van der Waals surface area contributed by atoms with Crippen molar-refractivity contribution in [1.29, 1.82) is 0 Å². The van der Waals surface area contributed by atoms with E-state index >= 15 is 0 Å². The van der Waals surface area contributed by atoms with Crippen molar-refractivity contribution in [3.05, 3.63) is 91.0 Å². The Balaban J connectivity index is 2.12. The van der Waals surface area contributed by atoms with Gasteiger partial charge < -0.3 is 0 Å². The molecule has 0 aromatic heterocycles. The van der Waals surface area contributed by atoms with Crippen LogP contribution in [0.25, 0.3) is 0 Å². The van der Waals surface area contributed by atoms with Gasteiger partial charge in [-0.1, -0.05) is 0 Å². The fraction of sp³-hybridized carbons (Fsp3) is 0. The first kappa shape index (κ1) is 12.1. The summed E-state index contributed by atoms with van der Waals surface area (Å²) in [4.78, 5) is 0. The topological polar surface area (TPSA) is 0 Å². The van der Waals surface area contributed by atoms with E-state index in [0.717, 1.165) is 0 Å². The monoisotopic (exact) mass is 263 g/mol. The Labute approximate surface area is 115 Å². The van der Waals surface area contributed by atoms with Gasteiger partial charge in [0.05, 0.1) is 0 Å². The van der Waals surface area contributed by atoms with Crippen molar-refractivity contribution in [2.45, 2.75) is 0 Å². The Hall–Kier alpha value is -1.91. The predicted octanol–water partition coefficient (Wildman–Crippen LogP) is 2.71. The van der Waals surface area contributed by atoms with E-state index in [2.05, 4.69) is 78.9 Å². The molecule has 1 heteroatoms. The molecule has 0 saturated heterocycles. The molecule has 3 rings (SSSR count). The first-order valence-corrected chi connectivity index (χ1v) is 8.25. The molecule has 19 heavy (non-hydrogen) atoms. The van der Waals surface area contributed by atoms with E-state index in [4.69, 9.17) is 0 Å². The zero-order chi connectivity index (χ0) is 12.9. The van der Waals surface area contributed by atoms with Crippen molar-refractivity contribution in [2.24, 2.45) is 0 Å². The first-order valence-electron chi connectivity index (χ1n) is 6.51. The Bertz CT molecular complexity index is 524. The van der Waals surface area contributed by atoms with Crippen molar-refractivity contribution in [3.63, 3.8) is 0 Å². The number of rotatable bonds is 3. The summed E-state index contributed by atoms with van der Waals surface area (Å²) in [5.41, 5.74) is 0. The molecule has 0 nitrogen and oxygen atoms in total. The van der Waals surface area contributed by atoms with Crippen molar-refractivity contribution in [3.8, 4) is 0 Å². The van der Waals surface area contributed by atoms with Gasteiger partial charge in [0.15, 0.2) is 0 Å². The molecule has 0 N–H and O–H groups in total. The van der Waals surface area contributed by atoms with Crippen LogP contribution in [0.2, 0.25) is 0 Å². The van der Waals surface area contributed by atoms with Gasteiger partial charge in [-0.15, -0.1) is 0 Å². The molecule has 0 aliphatic carbocycles. The molecule has 0 heterocycles. The van der Waals surface area contributed by atoms with Crippen LogP contribution in [0.15, 0.2) is 84.9 Å². The second-order valence-electron chi connectivity index (χ2n) is 4.57. The van der Waals surface area contributed by atoms with Crippen LogP contribution >= 0.6 is 7.92 Å². The van der Waals surface area contributed by atoms with E-state index in [1.165, 1.54) is 15.9 Å². The van der Waals surface area contributed by atoms with E-state index in [-0.39, 0.29) is 0 Å². The van der Waals surface area contributed by atoms with E-state index in [0.29, 0.717) is 0 Å². The van der Waals surface area contributed by atoms with Crippen molar-refractivity contribution in [1.82, 2.24) is 0 Å². The SMILES string of the molecule is [c]1ccccc1[PH2](c1ccccc1)c1ccccc1. The summed E-state index contributed by atoms with van der Waals surface area (Å²) in [5, 5.41) is 4.23. The van der Waals surface area contributed by atoms with Gasteiger partial charge >= 0.3 is 115 Å². The molecule has 0 aliphatic heterocycles. The molecule has 0 aliphatic rings. The Kier molecular flexibility index (Phi) is 3.72. The fourth-order valence-electron chi connectivity index (χ4n) is 2.43. The number of benzene rings is 3. The van der Waals surface area contributed by atoms with E-state index in [1.807, 2.05) is 12.1 Å². The van der Waals surface area contributed by atoms with Gasteiger partial charge in [0.2, 0.25) is 0 Å². The minimum absolute atomic E-state index is 1.35. The molecule has 0 bridgehead atoms. The van der Waals surface area contributed by atoms with E-state index in [9.17, 15) is 0 Å². The van der Waals surface area contributed by atoms with Gasteiger partial charge in [-0.3, -0.25) is 0 Å². The summed E-state index contributed by atoms with van der Waals surface area (Å²) in [6.45, 7) is 0. The van der Waals surface area contributed by atoms with Crippen LogP contribution in [-0.2, 0) is 0 Å². The van der Waals surface area contributed by atoms with Crippen LogP contribution in [0.1, 0.15) is 0 Å². The third-order valence-corrected chi connectivity index (χ3v) is 6.39. The molecule has 0 atom stereocenters. The molecule has 3 aromatic carbocycles. The second kappa shape index (κ2) is 5.82. The average molecular weight is 263 g/mol. The standard InChI is InChI=1S/C18H16P/c1-4-10-16(11-5-1)19(17-12-6-2-7-13-17)18-14-8-3-9-15-18/h1-14H,19H2. The number of hydrogen-bond donors (Lipinski definition) is 0. The van der Waals surface area contributed by atoms with Crippen molar-refractivity contribution >= 4 is 23.8 Å². The molecule has 0 amide bonds. The van der Waals surface area contributed by atoms with Gasteiger partial charge in [-0.25, -0.2) is 0 Å². The van der Waals surface area contributed by atoms with Crippen molar-refractivity contribution < 1.29 is 0 Å². The molecule has 0 fully saturated rings. The van der Waals surface area contributed by atoms with Crippen LogP contribution in [0.3, 0.4) is 0 Å². The van der Waals surface area contributed by atoms with Gasteiger partial charge in [0.1, 0.15) is 0 Å². The maximum absolute atomic E-state index is 3.43. The summed E-state index contributed by atoms with van der Waals surface area (Å²) in [6.07, 6.45) is 0. The van der Waals surface area contributed by atoms with Gasteiger partial charge in [-0.05, 0) is 0 Å². The summed E-state index contributed by atoms with van der Waals surface area (Å²) in [5.74, 6) is 0. The normalized spacial score (nSPS) is 11.1. The third-order valence-electron chi connectivity index (χ3n) is 3.31. The maximum atomic E-state index is 3.43. The van der Waals surface area contributed by atoms with Crippen molar-refractivity contribution in [2.75, 3.05) is 0 Å². The van der Waals surface area contributed by atoms with Gasteiger partial charge in [-0.2, -0.15) is 0 Å². The van der Waals surface area contributed by atoms with Gasteiger partial charge in [0, 0.05) is 0 Å². The summed E-state index contributed by atoms with van der Waals surface area (Å²) in [7, 11) is -1.36. The van der Waals surface area contributed by atoms with Gasteiger partial charge in [0.25, 0.3) is 0 Å².